The highest BCUT2D eigenvalue weighted by molar-refractivity contribution is 5.87. The van der Waals surface area contributed by atoms with E-state index in [1.54, 1.807) is 16.2 Å². The summed E-state index contributed by atoms with van der Waals surface area (Å²) < 4.78 is 15.0. The third-order valence-corrected chi connectivity index (χ3v) is 8.98. The zero-order chi connectivity index (χ0) is 32.4. The number of primary amides is 1. The molecule has 1 aliphatic carbocycles. The first-order valence-electron chi connectivity index (χ1n) is 16.3. The number of unbranched alkanes of at least 4 members (excludes halogenated alkanes) is 2. The van der Waals surface area contributed by atoms with Gasteiger partial charge in [0.15, 0.2) is 0 Å². The molecular weight excluding hydrogens is 570 g/mol. The largest absolute Gasteiger partial charge is 0.381 e. The van der Waals surface area contributed by atoms with E-state index in [4.69, 9.17) is 20.9 Å². The standard InChI is InChI=1S/C35H51N5O5/c1-25-12-14-30(33(42)38-25)40-29-11-7-9-27(32(29)39(3)34(40)43)10-8-22-44-21-6-4-5-18-35(2)19-16-26(17-20-35)23-45-24-28(36)13-15-31(37)41/h7,9,11,16-17,19,28,30H,1,4-6,8,10,12-15,18,20-24,36H2,2-3H3,(H2,37,41)(H,38,42). The quantitative estimate of drug-likeness (QED) is 0.212. The molecule has 2 amide bonds. The molecule has 4 rings (SSSR count). The SMILES string of the molecule is C=C1CCC(n2c(=O)n(C)c3c(CCCOCCCCCC4(C)C=CC(COCC(N)CCC(N)=O)=CC4)cccc32)C(=O)N1. The third kappa shape index (κ3) is 9.51. The van der Waals surface area contributed by atoms with E-state index in [1.165, 1.54) is 5.57 Å². The number of nitrogens with zero attached hydrogens (tertiary/aromatic N) is 2. The third-order valence-electron chi connectivity index (χ3n) is 8.98. The van der Waals surface area contributed by atoms with Gasteiger partial charge in [-0.1, -0.05) is 56.7 Å². The van der Waals surface area contributed by atoms with Crippen molar-refractivity contribution in [1.82, 2.24) is 14.5 Å². The van der Waals surface area contributed by atoms with Gasteiger partial charge in [0.2, 0.25) is 11.8 Å². The van der Waals surface area contributed by atoms with E-state index in [0.29, 0.717) is 44.8 Å². The Morgan fingerprint density at radius 3 is 2.71 bits per heavy atom. The molecular formula is C35H51N5O5. The Morgan fingerprint density at radius 1 is 1.18 bits per heavy atom. The van der Waals surface area contributed by atoms with E-state index in [0.717, 1.165) is 68.1 Å². The number of benzene rings is 1. The molecule has 0 radical (unpaired) electrons. The summed E-state index contributed by atoms with van der Waals surface area (Å²) in [5.74, 6) is -0.506. The number of carbonyl (C=O) groups excluding carboxylic acids is 2. The van der Waals surface area contributed by atoms with E-state index in [-0.39, 0.29) is 35.4 Å². The van der Waals surface area contributed by atoms with Crippen molar-refractivity contribution in [2.24, 2.45) is 23.9 Å². The summed E-state index contributed by atoms with van der Waals surface area (Å²) in [5.41, 5.74) is 15.8. The first kappa shape index (κ1) is 34.4. The average molecular weight is 622 g/mol. The molecule has 3 unspecified atom stereocenters. The minimum absolute atomic E-state index is 0.164. The van der Waals surface area contributed by atoms with Crippen molar-refractivity contribution in [3.8, 4) is 0 Å². The molecule has 1 aliphatic heterocycles. The second-order valence-electron chi connectivity index (χ2n) is 12.9. The molecule has 5 N–H and O–H groups in total. The number of ether oxygens (including phenoxy) is 2. The van der Waals surface area contributed by atoms with E-state index in [2.05, 4.69) is 43.1 Å². The minimum Gasteiger partial charge on any atom is -0.381 e. The van der Waals surface area contributed by atoms with Crippen LogP contribution in [-0.2, 0) is 32.5 Å². The number of hydrogen-bond donors (Lipinski definition) is 3. The van der Waals surface area contributed by atoms with Gasteiger partial charge in [0.25, 0.3) is 0 Å². The number of fused-ring (bicyclic) bond motifs is 1. The number of imidazole rings is 1. The van der Waals surface area contributed by atoms with Gasteiger partial charge in [-0.3, -0.25) is 18.7 Å². The van der Waals surface area contributed by atoms with Crippen LogP contribution in [0.3, 0.4) is 0 Å². The number of piperidine rings is 1. The lowest BCUT2D eigenvalue weighted by atomic mass is 9.78. The monoisotopic (exact) mass is 621 g/mol. The Bertz CT molecular complexity index is 1470. The molecule has 2 heterocycles. The van der Waals surface area contributed by atoms with Gasteiger partial charge in [0, 0.05) is 38.4 Å². The highest BCUT2D eigenvalue weighted by Gasteiger charge is 2.29. The van der Waals surface area contributed by atoms with Crippen molar-refractivity contribution in [2.45, 2.75) is 89.6 Å². The molecule has 2 aromatic rings. The fraction of sp³-hybridized carbons (Fsp3) is 0.571. The molecule has 10 nitrogen and oxygen atoms in total. The van der Waals surface area contributed by atoms with Crippen molar-refractivity contribution < 1.29 is 19.1 Å². The van der Waals surface area contributed by atoms with Gasteiger partial charge in [-0.25, -0.2) is 4.79 Å². The number of nitrogens with two attached hydrogens (primary N) is 2. The molecule has 2 aliphatic rings. The number of para-hydroxylation sites is 1. The van der Waals surface area contributed by atoms with E-state index in [9.17, 15) is 14.4 Å². The average Bonchev–Trinajstić information content (AvgIpc) is 3.26. The molecule has 10 heteroatoms. The second kappa shape index (κ2) is 16.2. The predicted molar refractivity (Wildman–Crippen MR) is 178 cm³/mol. The maximum Gasteiger partial charge on any atom is 0.329 e. The van der Waals surface area contributed by atoms with Crippen LogP contribution in [0.15, 0.2) is 59.1 Å². The molecule has 246 valence electrons. The summed E-state index contributed by atoms with van der Waals surface area (Å²) in [6, 6.07) is 5.26. The van der Waals surface area contributed by atoms with Crippen LogP contribution in [0.4, 0.5) is 0 Å². The molecule has 1 saturated heterocycles. The van der Waals surface area contributed by atoms with Gasteiger partial charge in [0.05, 0.1) is 24.2 Å². The van der Waals surface area contributed by atoms with Crippen molar-refractivity contribution in [3.63, 3.8) is 0 Å². The maximum atomic E-state index is 13.2. The van der Waals surface area contributed by atoms with E-state index in [1.807, 2.05) is 12.1 Å². The Hall–Kier alpha value is -3.47. The number of carbonyl (C=O) groups is 2. The van der Waals surface area contributed by atoms with Gasteiger partial charge in [-0.05, 0) is 74.0 Å². The molecule has 0 bridgehead atoms. The second-order valence-corrected chi connectivity index (χ2v) is 12.9. The summed E-state index contributed by atoms with van der Waals surface area (Å²) in [6.45, 7) is 8.53. The van der Waals surface area contributed by atoms with Crippen molar-refractivity contribution in [3.05, 3.63) is 70.3 Å². The van der Waals surface area contributed by atoms with Gasteiger partial charge in [-0.15, -0.1) is 0 Å². The van der Waals surface area contributed by atoms with Crippen LogP contribution in [0.1, 0.15) is 82.7 Å². The van der Waals surface area contributed by atoms with Gasteiger partial charge in [-0.2, -0.15) is 0 Å². The maximum absolute atomic E-state index is 13.2. The highest BCUT2D eigenvalue weighted by atomic mass is 16.5. The molecule has 45 heavy (non-hydrogen) atoms. The zero-order valence-electron chi connectivity index (χ0n) is 27.0. The van der Waals surface area contributed by atoms with Crippen LogP contribution in [0, 0.1) is 5.41 Å². The fourth-order valence-corrected chi connectivity index (χ4v) is 6.25. The first-order valence-corrected chi connectivity index (χ1v) is 16.3. The molecule has 1 aromatic heterocycles. The summed E-state index contributed by atoms with van der Waals surface area (Å²) in [4.78, 5) is 36.7. The highest BCUT2D eigenvalue weighted by Crippen LogP contribution is 2.35. The number of aryl methyl sites for hydroxylation is 2. The number of nitrogens with one attached hydrogen (secondary N) is 1. The fourth-order valence-electron chi connectivity index (χ4n) is 6.25. The van der Waals surface area contributed by atoms with Gasteiger partial charge < -0.3 is 26.3 Å². The lowest BCUT2D eigenvalue weighted by Gasteiger charge is -2.28. The van der Waals surface area contributed by atoms with Crippen LogP contribution in [-0.4, -0.2) is 53.4 Å². The summed E-state index contributed by atoms with van der Waals surface area (Å²) in [5, 5.41) is 2.80. The zero-order valence-corrected chi connectivity index (χ0v) is 27.0. The van der Waals surface area contributed by atoms with Crippen LogP contribution in [0.5, 0.6) is 0 Å². The number of aromatic nitrogens is 2. The van der Waals surface area contributed by atoms with Crippen molar-refractivity contribution in [2.75, 3.05) is 26.4 Å². The Kier molecular flexibility index (Phi) is 12.4. The number of allylic oxidation sites excluding steroid dienone is 3. The lowest BCUT2D eigenvalue weighted by Crippen LogP contribution is -2.40. The van der Waals surface area contributed by atoms with Crippen LogP contribution < -0.4 is 22.5 Å². The van der Waals surface area contributed by atoms with E-state index >= 15 is 0 Å². The van der Waals surface area contributed by atoms with Crippen LogP contribution in [0.25, 0.3) is 11.0 Å². The number of amides is 2. The smallest absolute Gasteiger partial charge is 0.329 e. The van der Waals surface area contributed by atoms with Gasteiger partial charge >= 0.3 is 5.69 Å². The topological polar surface area (TPSA) is 144 Å². The Labute approximate surface area is 266 Å². The lowest BCUT2D eigenvalue weighted by molar-refractivity contribution is -0.124. The molecule has 0 spiro atoms. The van der Waals surface area contributed by atoms with Crippen LogP contribution in [0.2, 0.25) is 0 Å². The summed E-state index contributed by atoms with van der Waals surface area (Å²) in [7, 11) is 1.78. The normalized spacial score (nSPS) is 20.8. The van der Waals surface area contributed by atoms with E-state index < -0.39 is 6.04 Å². The first-order chi connectivity index (χ1) is 21.6. The van der Waals surface area contributed by atoms with Crippen LogP contribution >= 0.6 is 0 Å². The number of rotatable bonds is 18. The predicted octanol–water partition coefficient (Wildman–Crippen LogP) is 4.32. The Balaban J connectivity index is 1.11. The van der Waals surface area contributed by atoms with Crippen molar-refractivity contribution >= 4 is 22.8 Å². The minimum atomic E-state index is -0.521. The van der Waals surface area contributed by atoms with Crippen molar-refractivity contribution in [1.29, 1.82) is 0 Å². The Morgan fingerprint density at radius 2 is 1.98 bits per heavy atom. The van der Waals surface area contributed by atoms with Gasteiger partial charge in [0.1, 0.15) is 6.04 Å². The summed E-state index contributed by atoms with van der Waals surface area (Å²) in [6.07, 6.45) is 15.9. The molecule has 1 fully saturated rings. The molecule has 0 saturated carbocycles. The molecule has 1 aromatic carbocycles. The number of hydrogen-bond acceptors (Lipinski definition) is 6. The summed E-state index contributed by atoms with van der Waals surface area (Å²) >= 11 is 0. The molecule has 3 atom stereocenters.